The second kappa shape index (κ2) is 8.72. The van der Waals surface area contributed by atoms with Crippen LogP contribution in [0, 0.1) is 5.92 Å². The molecule has 1 N–H and O–H groups in total. The van der Waals surface area contributed by atoms with Crippen molar-refractivity contribution in [3.05, 3.63) is 30.0 Å². The summed E-state index contributed by atoms with van der Waals surface area (Å²) in [4.78, 5) is 16.8. The van der Waals surface area contributed by atoms with Crippen LogP contribution in [0.15, 0.2) is 22.8 Å². The predicted octanol–water partition coefficient (Wildman–Crippen LogP) is 2.07. The van der Waals surface area contributed by atoms with Crippen LogP contribution in [0.25, 0.3) is 0 Å². The van der Waals surface area contributed by atoms with Gasteiger partial charge >= 0.3 is 6.03 Å². The fourth-order valence-electron chi connectivity index (χ4n) is 3.71. The zero-order chi connectivity index (χ0) is 20.1. The van der Waals surface area contributed by atoms with E-state index in [-0.39, 0.29) is 6.03 Å². The zero-order valence-electron chi connectivity index (χ0n) is 17.3. The standard InChI is InChI=1S/C19H31N7O2/c1-15(2)8-11-26-17(21-22-23-26)19(24(3)4)9-6-10-25(14-19)18(27)20-13-16-7-5-12-28-16/h5,7,12,15H,6,8-11,13-14H2,1-4H3,(H,20,27). The first-order chi connectivity index (χ1) is 13.4. The molecule has 0 spiro atoms. The number of likely N-dealkylation sites (N-methyl/N-ethyl adjacent to an activating group) is 1. The molecule has 2 amide bonds. The van der Waals surface area contributed by atoms with Crippen LogP contribution >= 0.6 is 0 Å². The number of amides is 2. The molecule has 1 aliphatic heterocycles. The van der Waals surface area contributed by atoms with Crippen LogP contribution in [0.5, 0.6) is 0 Å². The van der Waals surface area contributed by atoms with Crippen molar-refractivity contribution in [2.24, 2.45) is 5.92 Å². The molecule has 3 rings (SSSR count). The number of likely N-dealkylation sites (tertiary alicyclic amines) is 1. The number of carbonyl (C=O) groups excluding carboxylic acids is 1. The number of furan rings is 1. The first kappa shape index (κ1) is 20.3. The first-order valence-electron chi connectivity index (χ1n) is 9.91. The van der Waals surface area contributed by atoms with Crippen molar-refractivity contribution in [2.75, 3.05) is 27.2 Å². The van der Waals surface area contributed by atoms with E-state index in [0.717, 1.165) is 37.4 Å². The zero-order valence-corrected chi connectivity index (χ0v) is 17.3. The molecule has 0 bridgehead atoms. The summed E-state index contributed by atoms with van der Waals surface area (Å²) in [6, 6.07) is 3.57. The number of nitrogens with one attached hydrogen (secondary N) is 1. The number of hydrogen-bond acceptors (Lipinski definition) is 6. The fraction of sp³-hybridized carbons (Fsp3) is 0.684. The van der Waals surface area contributed by atoms with Gasteiger partial charge < -0.3 is 14.6 Å². The number of rotatable bonds is 7. The maximum atomic E-state index is 12.8. The summed E-state index contributed by atoms with van der Waals surface area (Å²) < 4.78 is 7.21. The van der Waals surface area contributed by atoms with Gasteiger partial charge in [-0.05, 0) is 61.8 Å². The van der Waals surface area contributed by atoms with Crippen molar-refractivity contribution < 1.29 is 9.21 Å². The van der Waals surface area contributed by atoms with E-state index in [9.17, 15) is 4.79 Å². The van der Waals surface area contributed by atoms with E-state index in [1.807, 2.05) is 35.8 Å². The lowest BCUT2D eigenvalue weighted by molar-refractivity contribution is 0.0454. The summed E-state index contributed by atoms with van der Waals surface area (Å²) in [7, 11) is 4.07. The molecule has 1 unspecified atom stereocenters. The van der Waals surface area contributed by atoms with Gasteiger partial charge in [0, 0.05) is 19.6 Å². The lowest BCUT2D eigenvalue weighted by Crippen LogP contribution is -2.58. The second-order valence-corrected chi connectivity index (χ2v) is 8.10. The highest BCUT2D eigenvalue weighted by Crippen LogP contribution is 2.34. The maximum Gasteiger partial charge on any atom is 0.317 e. The highest BCUT2D eigenvalue weighted by Gasteiger charge is 2.44. The lowest BCUT2D eigenvalue weighted by Gasteiger charge is -2.45. The molecule has 1 saturated heterocycles. The van der Waals surface area contributed by atoms with E-state index in [0.29, 0.717) is 25.6 Å². The molecule has 9 nitrogen and oxygen atoms in total. The molecule has 1 atom stereocenters. The Labute approximate surface area is 166 Å². The summed E-state index contributed by atoms with van der Waals surface area (Å²) in [5.41, 5.74) is -0.402. The highest BCUT2D eigenvalue weighted by molar-refractivity contribution is 5.74. The number of aryl methyl sites for hydroxylation is 1. The number of hydrogen-bond donors (Lipinski definition) is 1. The van der Waals surface area contributed by atoms with Gasteiger partial charge in [-0.1, -0.05) is 13.8 Å². The summed E-state index contributed by atoms with van der Waals surface area (Å²) in [6.45, 7) is 6.80. The van der Waals surface area contributed by atoms with Crippen molar-refractivity contribution in [3.8, 4) is 0 Å². The Balaban J connectivity index is 1.75. The molecule has 3 heterocycles. The molecule has 1 aliphatic rings. The van der Waals surface area contributed by atoms with Crippen LogP contribution in [0.3, 0.4) is 0 Å². The first-order valence-corrected chi connectivity index (χ1v) is 9.91. The van der Waals surface area contributed by atoms with E-state index < -0.39 is 5.54 Å². The molecule has 0 radical (unpaired) electrons. The number of carbonyl (C=O) groups is 1. The van der Waals surface area contributed by atoms with Crippen molar-refractivity contribution in [2.45, 2.75) is 51.7 Å². The highest BCUT2D eigenvalue weighted by atomic mass is 16.3. The molecule has 2 aromatic heterocycles. The Kier molecular flexibility index (Phi) is 6.33. The summed E-state index contributed by atoms with van der Waals surface area (Å²) in [6.07, 6.45) is 4.42. The van der Waals surface area contributed by atoms with Crippen LogP contribution in [0.1, 0.15) is 44.7 Å². The predicted molar refractivity (Wildman–Crippen MR) is 104 cm³/mol. The molecule has 154 valence electrons. The van der Waals surface area contributed by atoms with Gasteiger partial charge in [0.05, 0.1) is 12.8 Å². The van der Waals surface area contributed by atoms with Crippen molar-refractivity contribution in [3.63, 3.8) is 0 Å². The van der Waals surface area contributed by atoms with E-state index >= 15 is 0 Å². The Hall–Kier alpha value is -2.42. The molecule has 0 saturated carbocycles. The van der Waals surface area contributed by atoms with E-state index in [4.69, 9.17) is 4.42 Å². The average molecular weight is 390 g/mol. The molecule has 9 heteroatoms. The van der Waals surface area contributed by atoms with Gasteiger partial charge in [0.2, 0.25) is 0 Å². The van der Waals surface area contributed by atoms with Crippen molar-refractivity contribution in [1.29, 1.82) is 0 Å². The third-order valence-corrected chi connectivity index (χ3v) is 5.47. The normalized spacial score (nSPS) is 20.1. The molecule has 1 fully saturated rings. The minimum Gasteiger partial charge on any atom is -0.467 e. The minimum absolute atomic E-state index is 0.0940. The van der Waals surface area contributed by atoms with Gasteiger partial charge in [-0.3, -0.25) is 4.90 Å². The van der Waals surface area contributed by atoms with Gasteiger partial charge in [0.15, 0.2) is 5.82 Å². The lowest BCUT2D eigenvalue weighted by atomic mass is 9.86. The van der Waals surface area contributed by atoms with E-state index in [1.165, 1.54) is 0 Å². The molecular weight excluding hydrogens is 358 g/mol. The molecular formula is C19H31N7O2. The van der Waals surface area contributed by atoms with Gasteiger partial charge in [-0.15, -0.1) is 5.10 Å². The van der Waals surface area contributed by atoms with Gasteiger partial charge in [-0.25, -0.2) is 9.48 Å². The third-order valence-electron chi connectivity index (χ3n) is 5.47. The van der Waals surface area contributed by atoms with Crippen LogP contribution in [-0.4, -0.2) is 63.2 Å². The molecule has 0 aromatic carbocycles. The fourth-order valence-corrected chi connectivity index (χ4v) is 3.71. The number of aromatic nitrogens is 4. The number of nitrogens with zero attached hydrogens (tertiary/aromatic N) is 6. The Morgan fingerprint density at radius 2 is 2.25 bits per heavy atom. The summed E-state index contributed by atoms with van der Waals surface area (Å²) >= 11 is 0. The largest absolute Gasteiger partial charge is 0.467 e. The summed E-state index contributed by atoms with van der Waals surface area (Å²) in [5, 5.41) is 15.5. The van der Waals surface area contributed by atoms with Gasteiger partial charge in [0.25, 0.3) is 0 Å². The van der Waals surface area contributed by atoms with E-state index in [2.05, 4.69) is 39.6 Å². The van der Waals surface area contributed by atoms with Gasteiger partial charge in [-0.2, -0.15) is 0 Å². The SMILES string of the molecule is CC(C)CCn1nnnc1C1(N(C)C)CCCN(C(=O)NCc2ccco2)C1. The van der Waals surface area contributed by atoms with Crippen molar-refractivity contribution in [1.82, 2.24) is 35.3 Å². The second-order valence-electron chi connectivity index (χ2n) is 8.10. The minimum atomic E-state index is -0.402. The smallest absolute Gasteiger partial charge is 0.317 e. The Morgan fingerprint density at radius 1 is 1.43 bits per heavy atom. The van der Waals surface area contributed by atoms with Crippen molar-refractivity contribution >= 4 is 6.03 Å². The Bertz CT molecular complexity index is 756. The monoisotopic (exact) mass is 389 g/mol. The van der Waals surface area contributed by atoms with Crippen LogP contribution < -0.4 is 5.32 Å². The number of piperidine rings is 1. The third kappa shape index (κ3) is 4.35. The number of tetrazole rings is 1. The number of urea groups is 1. The summed E-state index contributed by atoms with van der Waals surface area (Å²) in [5.74, 6) is 2.14. The average Bonchev–Trinajstić information content (AvgIpc) is 3.36. The molecule has 28 heavy (non-hydrogen) atoms. The van der Waals surface area contributed by atoms with Gasteiger partial charge in [0.1, 0.15) is 11.3 Å². The maximum absolute atomic E-state index is 12.8. The Morgan fingerprint density at radius 3 is 2.93 bits per heavy atom. The molecule has 2 aromatic rings. The quantitative estimate of drug-likeness (QED) is 0.779. The molecule has 0 aliphatic carbocycles. The topological polar surface area (TPSA) is 92.3 Å². The van der Waals surface area contributed by atoms with E-state index in [1.54, 1.807) is 6.26 Å². The van der Waals surface area contributed by atoms with Crippen LogP contribution in [0.4, 0.5) is 4.79 Å². The van der Waals surface area contributed by atoms with Crippen LogP contribution in [0.2, 0.25) is 0 Å². The van der Waals surface area contributed by atoms with Crippen LogP contribution in [-0.2, 0) is 18.6 Å².